The van der Waals surface area contributed by atoms with E-state index in [0.717, 1.165) is 30.6 Å². The molecular weight excluding hydrogens is 464 g/mol. The molecule has 1 N–H and O–H groups in total. The maximum atomic E-state index is 13.4. The largest absolute Gasteiger partial charge is 0.449 e. The second-order valence-electron chi connectivity index (χ2n) is 8.56. The van der Waals surface area contributed by atoms with Crippen LogP contribution in [0, 0.1) is 0 Å². The van der Waals surface area contributed by atoms with Crippen LogP contribution in [0.2, 0.25) is 5.02 Å². The molecule has 3 aromatic rings. The molecule has 1 atom stereocenters. The molecule has 2 heterocycles. The first-order chi connectivity index (χ1) is 17.1. The third-order valence-corrected chi connectivity index (χ3v) is 6.32. The molecule has 0 aliphatic carbocycles. The summed E-state index contributed by atoms with van der Waals surface area (Å²) < 4.78 is 11.5. The number of rotatable bonds is 6. The molecule has 35 heavy (non-hydrogen) atoms. The molecule has 2 aliphatic rings. The summed E-state index contributed by atoms with van der Waals surface area (Å²) in [6.45, 7) is 1.65. The van der Waals surface area contributed by atoms with Gasteiger partial charge in [0.2, 0.25) is 0 Å². The van der Waals surface area contributed by atoms with E-state index in [-0.39, 0.29) is 23.7 Å². The molecule has 0 bridgehead atoms. The van der Waals surface area contributed by atoms with Gasteiger partial charge in [-0.25, -0.2) is 0 Å². The van der Waals surface area contributed by atoms with Crippen molar-refractivity contribution in [2.75, 3.05) is 18.1 Å². The van der Waals surface area contributed by atoms with Crippen LogP contribution in [0.1, 0.15) is 34.3 Å². The Labute approximate surface area is 209 Å². The maximum absolute atomic E-state index is 13.4. The highest BCUT2D eigenvalue weighted by Gasteiger charge is 2.30. The van der Waals surface area contributed by atoms with Gasteiger partial charge < -0.3 is 14.8 Å². The van der Waals surface area contributed by atoms with Crippen molar-refractivity contribution >= 4 is 35.2 Å². The van der Waals surface area contributed by atoms with E-state index in [1.807, 2.05) is 48.5 Å². The average molecular weight is 489 g/mol. The van der Waals surface area contributed by atoms with Crippen LogP contribution < -0.4 is 15.0 Å². The predicted octanol–water partition coefficient (Wildman–Crippen LogP) is 5.22. The zero-order valence-electron chi connectivity index (χ0n) is 19.1. The third-order valence-electron chi connectivity index (χ3n) is 6.07. The van der Waals surface area contributed by atoms with Gasteiger partial charge in [-0.15, -0.1) is 0 Å². The Hall–Kier alpha value is -3.61. The molecule has 0 radical (unpaired) electrons. The summed E-state index contributed by atoms with van der Waals surface area (Å²) in [5.74, 6) is 0.440. The average Bonchev–Trinajstić information content (AvgIpc) is 3.40. The number of amides is 2. The fourth-order valence-electron chi connectivity index (χ4n) is 4.19. The number of hydrogen-bond acceptors (Lipinski definition) is 4. The number of hydrogen-bond donors (Lipinski definition) is 1. The Morgan fingerprint density at radius 2 is 1.83 bits per heavy atom. The second kappa shape index (κ2) is 10.3. The van der Waals surface area contributed by atoms with E-state index < -0.39 is 0 Å². The lowest BCUT2D eigenvalue weighted by Crippen LogP contribution is -2.36. The topological polar surface area (TPSA) is 67.9 Å². The zero-order chi connectivity index (χ0) is 24.2. The van der Waals surface area contributed by atoms with Crippen LogP contribution in [0.4, 0.5) is 5.69 Å². The number of anilines is 1. The van der Waals surface area contributed by atoms with Crippen molar-refractivity contribution < 1.29 is 19.1 Å². The summed E-state index contributed by atoms with van der Waals surface area (Å²) in [4.78, 5) is 27.5. The Bertz CT molecular complexity index is 1250. The molecule has 178 valence electrons. The van der Waals surface area contributed by atoms with E-state index in [2.05, 4.69) is 5.32 Å². The predicted molar refractivity (Wildman–Crippen MR) is 135 cm³/mol. The van der Waals surface area contributed by atoms with Crippen LogP contribution in [0.3, 0.4) is 0 Å². The molecule has 0 saturated carbocycles. The highest BCUT2D eigenvalue weighted by molar-refractivity contribution is 6.30. The van der Waals surface area contributed by atoms with Gasteiger partial charge in [-0.1, -0.05) is 48.0 Å². The highest BCUT2D eigenvalue weighted by atomic mass is 35.5. The summed E-state index contributed by atoms with van der Waals surface area (Å²) >= 11 is 6.02. The van der Waals surface area contributed by atoms with E-state index >= 15 is 0 Å². The van der Waals surface area contributed by atoms with Crippen LogP contribution in [-0.4, -0.2) is 31.1 Å². The molecular formula is C28H25ClN2O4. The fraction of sp³-hybridized carbons (Fsp3) is 0.214. The Kier molecular flexibility index (Phi) is 6.84. The highest BCUT2D eigenvalue weighted by Crippen LogP contribution is 2.36. The van der Waals surface area contributed by atoms with Crippen molar-refractivity contribution in [2.24, 2.45) is 0 Å². The van der Waals surface area contributed by atoms with Crippen molar-refractivity contribution in [3.05, 3.63) is 100 Å². The normalized spacial score (nSPS) is 18.3. The van der Waals surface area contributed by atoms with Crippen LogP contribution >= 0.6 is 11.6 Å². The standard InChI is InChI=1S/C28H25ClN2O4/c29-22-13-9-20(10-14-22)18-31-24-5-1-2-6-25(24)35-26(28(31)33)16-19-7-11-21(12-8-19)27(32)30-17-23-4-3-15-34-23/h1-2,5-14,16,23H,3-4,15,17-18H2,(H,30,32). The summed E-state index contributed by atoms with van der Waals surface area (Å²) in [6.07, 6.45) is 3.79. The third kappa shape index (κ3) is 5.39. The molecule has 0 spiro atoms. The maximum Gasteiger partial charge on any atom is 0.294 e. The molecule has 0 aromatic heterocycles. The van der Waals surface area contributed by atoms with E-state index in [9.17, 15) is 9.59 Å². The number of benzene rings is 3. The lowest BCUT2D eigenvalue weighted by molar-refractivity contribution is -0.117. The number of halogens is 1. The first-order valence-corrected chi connectivity index (χ1v) is 12.0. The van der Waals surface area contributed by atoms with Gasteiger partial charge in [0.1, 0.15) is 0 Å². The van der Waals surface area contributed by atoms with E-state index in [0.29, 0.717) is 35.1 Å². The van der Waals surface area contributed by atoms with Crippen molar-refractivity contribution in [3.63, 3.8) is 0 Å². The Balaban J connectivity index is 1.33. The first kappa shape index (κ1) is 23.1. The van der Waals surface area contributed by atoms with Gasteiger partial charge in [-0.3, -0.25) is 14.5 Å². The molecule has 7 heteroatoms. The van der Waals surface area contributed by atoms with Gasteiger partial charge in [0.25, 0.3) is 11.8 Å². The SMILES string of the molecule is O=C(NCC1CCCO1)c1ccc(C=C2Oc3ccccc3N(Cc3ccc(Cl)cc3)C2=O)cc1. The summed E-state index contributed by atoms with van der Waals surface area (Å²) in [6, 6.07) is 22.0. The van der Waals surface area contributed by atoms with Crippen molar-refractivity contribution in [2.45, 2.75) is 25.5 Å². The smallest absolute Gasteiger partial charge is 0.294 e. The van der Waals surface area contributed by atoms with Gasteiger partial charge in [0.05, 0.1) is 18.3 Å². The number of fused-ring (bicyclic) bond motifs is 1. The van der Waals surface area contributed by atoms with Gasteiger partial charge in [0, 0.05) is 23.7 Å². The molecule has 3 aromatic carbocycles. The number of para-hydroxylation sites is 2. The second-order valence-corrected chi connectivity index (χ2v) is 9.00. The van der Waals surface area contributed by atoms with E-state index in [1.165, 1.54) is 0 Å². The Morgan fingerprint density at radius 3 is 2.57 bits per heavy atom. The van der Waals surface area contributed by atoms with Gasteiger partial charge >= 0.3 is 0 Å². The lowest BCUT2D eigenvalue weighted by atomic mass is 10.1. The Morgan fingerprint density at radius 1 is 1.06 bits per heavy atom. The van der Waals surface area contributed by atoms with Crippen LogP contribution in [0.5, 0.6) is 5.75 Å². The molecule has 1 unspecified atom stereocenters. The zero-order valence-corrected chi connectivity index (χ0v) is 19.8. The summed E-state index contributed by atoms with van der Waals surface area (Å²) in [5, 5.41) is 3.56. The lowest BCUT2D eigenvalue weighted by Gasteiger charge is -2.30. The fourth-order valence-corrected chi connectivity index (χ4v) is 4.31. The summed E-state index contributed by atoms with van der Waals surface area (Å²) in [5.41, 5.74) is 2.98. The van der Waals surface area contributed by atoms with Gasteiger partial charge in [0.15, 0.2) is 11.5 Å². The quantitative estimate of drug-likeness (QED) is 0.483. The van der Waals surface area contributed by atoms with Crippen LogP contribution in [-0.2, 0) is 16.1 Å². The molecule has 2 aliphatic heterocycles. The molecule has 1 fully saturated rings. The number of nitrogens with one attached hydrogen (secondary N) is 1. The minimum atomic E-state index is -0.239. The monoisotopic (exact) mass is 488 g/mol. The number of carbonyl (C=O) groups excluding carboxylic acids is 2. The van der Waals surface area contributed by atoms with Crippen LogP contribution in [0.25, 0.3) is 6.08 Å². The van der Waals surface area contributed by atoms with Gasteiger partial charge in [-0.2, -0.15) is 0 Å². The van der Waals surface area contributed by atoms with E-state index in [4.69, 9.17) is 21.1 Å². The number of carbonyl (C=O) groups is 2. The minimum absolute atomic E-state index is 0.0936. The van der Waals surface area contributed by atoms with Crippen LogP contribution in [0.15, 0.2) is 78.6 Å². The summed E-state index contributed by atoms with van der Waals surface area (Å²) in [7, 11) is 0. The minimum Gasteiger partial charge on any atom is -0.449 e. The van der Waals surface area contributed by atoms with Gasteiger partial charge in [-0.05, 0) is 66.4 Å². The van der Waals surface area contributed by atoms with E-state index in [1.54, 1.807) is 35.2 Å². The number of ether oxygens (including phenoxy) is 2. The first-order valence-electron chi connectivity index (χ1n) is 11.6. The molecule has 2 amide bonds. The molecule has 1 saturated heterocycles. The van der Waals surface area contributed by atoms with Crippen molar-refractivity contribution in [1.29, 1.82) is 0 Å². The molecule has 6 nitrogen and oxygen atoms in total. The van der Waals surface area contributed by atoms with Crippen molar-refractivity contribution in [3.8, 4) is 5.75 Å². The van der Waals surface area contributed by atoms with Crippen molar-refractivity contribution in [1.82, 2.24) is 5.32 Å². The molecule has 5 rings (SSSR count). The number of nitrogens with zero attached hydrogens (tertiary/aromatic N) is 1.